The summed E-state index contributed by atoms with van der Waals surface area (Å²) < 4.78 is 15.8. The van der Waals surface area contributed by atoms with E-state index in [1.807, 2.05) is 54.6 Å². The van der Waals surface area contributed by atoms with Crippen LogP contribution in [0.2, 0.25) is 0 Å². The molecule has 1 amide bonds. The SMILES string of the molecule is CC(OC(=O)/C=C/c1ccc2c(c1)OCO2)C(=O)Nc1ccccc1-c1ccccc1. The summed E-state index contributed by atoms with van der Waals surface area (Å²) in [4.78, 5) is 24.8. The summed E-state index contributed by atoms with van der Waals surface area (Å²) in [7, 11) is 0. The van der Waals surface area contributed by atoms with Gasteiger partial charge in [0.15, 0.2) is 17.6 Å². The zero-order valence-corrected chi connectivity index (χ0v) is 16.9. The van der Waals surface area contributed by atoms with E-state index in [0.29, 0.717) is 17.2 Å². The number of carbonyl (C=O) groups excluding carboxylic acids is 2. The molecule has 0 spiro atoms. The molecule has 1 N–H and O–H groups in total. The summed E-state index contributed by atoms with van der Waals surface area (Å²) in [6, 6.07) is 22.6. The third-order valence-electron chi connectivity index (χ3n) is 4.74. The Balaban J connectivity index is 1.37. The highest BCUT2D eigenvalue weighted by atomic mass is 16.7. The third kappa shape index (κ3) is 4.93. The maximum atomic E-state index is 12.6. The lowest BCUT2D eigenvalue weighted by atomic mass is 10.0. The summed E-state index contributed by atoms with van der Waals surface area (Å²) in [6.45, 7) is 1.72. The molecule has 1 aliphatic heterocycles. The van der Waals surface area contributed by atoms with Crippen LogP contribution in [0.4, 0.5) is 5.69 Å². The Labute approximate surface area is 180 Å². The van der Waals surface area contributed by atoms with Gasteiger partial charge in [-0.25, -0.2) is 4.79 Å². The van der Waals surface area contributed by atoms with E-state index in [1.165, 1.54) is 13.0 Å². The van der Waals surface area contributed by atoms with E-state index in [2.05, 4.69) is 5.32 Å². The Morgan fingerprint density at radius 3 is 2.55 bits per heavy atom. The van der Waals surface area contributed by atoms with Gasteiger partial charge < -0.3 is 19.5 Å². The fourth-order valence-electron chi connectivity index (χ4n) is 3.14. The summed E-state index contributed by atoms with van der Waals surface area (Å²) in [5, 5.41) is 2.85. The van der Waals surface area contributed by atoms with Gasteiger partial charge in [-0.05, 0) is 42.3 Å². The summed E-state index contributed by atoms with van der Waals surface area (Å²) in [5.41, 5.74) is 3.28. The van der Waals surface area contributed by atoms with Crippen LogP contribution >= 0.6 is 0 Å². The lowest BCUT2D eigenvalue weighted by Crippen LogP contribution is -2.29. The molecule has 0 bridgehead atoms. The van der Waals surface area contributed by atoms with Crippen LogP contribution in [0.3, 0.4) is 0 Å². The molecule has 1 heterocycles. The minimum atomic E-state index is -0.960. The minimum Gasteiger partial charge on any atom is -0.454 e. The van der Waals surface area contributed by atoms with Crippen LogP contribution in [-0.4, -0.2) is 24.8 Å². The quantitative estimate of drug-likeness (QED) is 0.468. The molecule has 0 saturated carbocycles. The third-order valence-corrected chi connectivity index (χ3v) is 4.74. The van der Waals surface area contributed by atoms with Crippen molar-refractivity contribution in [1.82, 2.24) is 0 Å². The highest BCUT2D eigenvalue weighted by molar-refractivity contribution is 5.99. The number of benzene rings is 3. The van der Waals surface area contributed by atoms with Crippen LogP contribution in [0.5, 0.6) is 11.5 Å². The average Bonchev–Trinajstić information content (AvgIpc) is 3.26. The molecule has 156 valence electrons. The van der Waals surface area contributed by atoms with Crippen molar-refractivity contribution in [2.75, 3.05) is 12.1 Å². The highest BCUT2D eigenvalue weighted by Crippen LogP contribution is 2.32. The molecule has 1 unspecified atom stereocenters. The van der Waals surface area contributed by atoms with Crippen molar-refractivity contribution in [2.45, 2.75) is 13.0 Å². The topological polar surface area (TPSA) is 73.9 Å². The predicted octanol–water partition coefficient (Wildman–Crippen LogP) is 4.67. The number of anilines is 1. The Morgan fingerprint density at radius 2 is 1.71 bits per heavy atom. The number of rotatable bonds is 6. The normalized spacial score (nSPS) is 13.1. The van der Waals surface area contributed by atoms with Crippen molar-refractivity contribution in [3.05, 3.63) is 84.4 Å². The van der Waals surface area contributed by atoms with E-state index >= 15 is 0 Å². The van der Waals surface area contributed by atoms with Crippen LogP contribution in [0.25, 0.3) is 17.2 Å². The molecule has 0 aliphatic carbocycles. The number of carbonyl (C=O) groups is 2. The van der Waals surface area contributed by atoms with Gasteiger partial charge in [-0.1, -0.05) is 54.6 Å². The van der Waals surface area contributed by atoms with Gasteiger partial charge in [0.05, 0.1) is 0 Å². The number of para-hydroxylation sites is 1. The second-order valence-corrected chi connectivity index (χ2v) is 6.93. The van der Waals surface area contributed by atoms with Crippen LogP contribution in [0, 0.1) is 0 Å². The van der Waals surface area contributed by atoms with E-state index < -0.39 is 18.0 Å². The van der Waals surface area contributed by atoms with Crippen molar-refractivity contribution >= 4 is 23.6 Å². The molecule has 0 radical (unpaired) electrons. The van der Waals surface area contributed by atoms with Gasteiger partial charge in [0.25, 0.3) is 5.91 Å². The van der Waals surface area contributed by atoms with Crippen LogP contribution in [0.15, 0.2) is 78.9 Å². The zero-order chi connectivity index (χ0) is 21.6. The zero-order valence-electron chi connectivity index (χ0n) is 16.9. The molecule has 6 nitrogen and oxygen atoms in total. The molecule has 31 heavy (non-hydrogen) atoms. The second-order valence-electron chi connectivity index (χ2n) is 6.93. The van der Waals surface area contributed by atoms with Crippen LogP contribution < -0.4 is 14.8 Å². The number of hydrogen-bond donors (Lipinski definition) is 1. The number of ether oxygens (including phenoxy) is 3. The molecule has 6 heteroatoms. The summed E-state index contributed by atoms with van der Waals surface area (Å²) in [5.74, 6) is 0.269. The van der Waals surface area contributed by atoms with Gasteiger partial charge in [0.2, 0.25) is 6.79 Å². The van der Waals surface area contributed by atoms with Crippen LogP contribution in [0.1, 0.15) is 12.5 Å². The van der Waals surface area contributed by atoms with Crippen molar-refractivity contribution in [3.63, 3.8) is 0 Å². The van der Waals surface area contributed by atoms with E-state index in [4.69, 9.17) is 14.2 Å². The summed E-state index contributed by atoms with van der Waals surface area (Å²) >= 11 is 0. The molecular formula is C25H21NO5. The fraction of sp³-hybridized carbons (Fsp3) is 0.120. The fourth-order valence-corrected chi connectivity index (χ4v) is 3.14. The van der Waals surface area contributed by atoms with E-state index in [-0.39, 0.29) is 6.79 Å². The number of esters is 1. The maximum absolute atomic E-state index is 12.6. The van der Waals surface area contributed by atoms with Crippen molar-refractivity contribution in [2.24, 2.45) is 0 Å². The first-order valence-electron chi connectivity index (χ1n) is 9.84. The van der Waals surface area contributed by atoms with Gasteiger partial charge >= 0.3 is 5.97 Å². The van der Waals surface area contributed by atoms with Gasteiger partial charge in [-0.3, -0.25) is 4.79 Å². The summed E-state index contributed by atoms with van der Waals surface area (Å²) in [6.07, 6.45) is 1.91. The molecular weight excluding hydrogens is 394 g/mol. The van der Waals surface area contributed by atoms with Crippen molar-refractivity contribution in [3.8, 4) is 22.6 Å². The first-order chi connectivity index (χ1) is 15.1. The van der Waals surface area contributed by atoms with Crippen molar-refractivity contribution in [1.29, 1.82) is 0 Å². The predicted molar refractivity (Wildman–Crippen MR) is 118 cm³/mol. The molecule has 0 aromatic heterocycles. The van der Waals surface area contributed by atoms with E-state index in [9.17, 15) is 9.59 Å². The monoisotopic (exact) mass is 415 g/mol. The number of nitrogens with one attached hydrogen (secondary N) is 1. The van der Waals surface area contributed by atoms with Crippen molar-refractivity contribution < 1.29 is 23.8 Å². The van der Waals surface area contributed by atoms with Gasteiger partial charge in [-0.2, -0.15) is 0 Å². The maximum Gasteiger partial charge on any atom is 0.331 e. The van der Waals surface area contributed by atoms with Crippen LogP contribution in [-0.2, 0) is 14.3 Å². The number of hydrogen-bond acceptors (Lipinski definition) is 5. The average molecular weight is 415 g/mol. The first kappa shape index (κ1) is 20.2. The molecule has 3 aromatic carbocycles. The molecule has 3 aromatic rings. The Kier molecular flexibility index (Phi) is 5.98. The molecule has 1 atom stereocenters. The largest absolute Gasteiger partial charge is 0.454 e. The minimum absolute atomic E-state index is 0.185. The second kappa shape index (κ2) is 9.17. The Morgan fingerprint density at radius 1 is 0.968 bits per heavy atom. The standard InChI is InChI=1S/C25H21NO5/c1-17(31-24(27)14-12-18-11-13-22-23(15-18)30-16-29-22)25(28)26-21-10-6-5-9-20(21)19-7-3-2-4-8-19/h2-15,17H,16H2,1H3,(H,26,28)/b14-12+. The van der Waals surface area contributed by atoms with Gasteiger partial charge in [0.1, 0.15) is 0 Å². The van der Waals surface area contributed by atoms with E-state index in [0.717, 1.165) is 16.7 Å². The number of amides is 1. The highest BCUT2D eigenvalue weighted by Gasteiger charge is 2.18. The van der Waals surface area contributed by atoms with Gasteiger partial charge in [0, 0.05) is 17.3 Å². The lowest BCUT2D eigenvalue weighted by molar-refractivity contribution is -0.148. The number of fused-ring (bicyclic) bond motifs is 1. The Hall–Kier alpha value is -4.06. The smallest absolute Gasteiger partial charge is 0.331 e. The molecule has 4 rings (SSSR count). The lowest BCUT2D eigenvalue weighted by Gasteiger charge is -2.15. The molecule has 0 fully saturated rings. The van der Waals surface area contributed by atoms with Gasteiger partial charge in [-0.15, -0.1) is 0 Å². The first-order valence-corrected chi connectivity index (χ1v) is 9.84. The molecule has 0 saturated heterocycles. The Bertz CT molecular complexity index is 1120. The van der Waals surface area contributed by atoms with E-state index in [1.54, 1.807) is 24.3 Å². The molecule has 1 aliphatic rings.